The van der Waals surface area contributed by atoms with Crippen LogP contribution in [0.25, 0.3) is 0 Å². The molecule has 0 saturated carbocycles. The molecule has 13 heavy (non-hydrogen) atoms. The molecule has 1 rings (SSSR count). The van der Waals surface area contributed by atoms with E-state index in [9.17, 15) is 8.42 Å². The smallest absolute Gasteiger partial charge is 0.214 e. The summed E-state index contributed by atoms with van der Waals surface area (Å²) in [6.45, 7) is 5.23. The second-order valence-electron chi connectivity index (χ2n) is 3.15. The molecule has 1 aliphatic rings. The van der Waals surface area contributed by atoms with Gasteiger partial charge in [0.05, 0.1) is 19.0 Å². The van der Waals surface area contributed by atoms with Crippen molar-refractivity contribution in [2.45, 2.75) is 26.3 Å². The SMILES string of the molecule is CCC1COCCN1S(=O)(=O)CC. The van der Waals surface area contributed by atoms with E-state index in [-0.39, 0.29) is 11.8 Å². The average molecular weight is 207 g/mol. The van der Waals surface area contributed by atoms with Crippen LogP contribution in [0.1, 0.15) is 20.3 Å². The van der Waals surface area contributed by atoms with Crippen LogP contribution in [0.2, 0.25) is 0 Å². The summed E-state index contributed by atoms with van der Waals surface area (Å²) in [6.07, 6.45) is 0.819. The van der Waals surface area contributed by atoms with Crippen LogP contribution in [-0.4, -0.2) is 44.3 Å². The van der Waals surface area contributed by atoms with Gasteiger partial charge in [0.25, 0.3) is 0 Å². The van der Waals surface area contributed by atoms with Crippen molar-refractivity contribution in [3.63, 3.8) is 0 Å². The Morgan fingerprint density at radius 1 is 1.46 bits per heavy atom. The third-order valence-electron chi connectivity index (χ3n) is 2.37. The van der Waals surface area contributed by atoms with E-state index in [4.69, 9.17) is 4.74 Å². The van der Waals surface area contributed by atoms with Gasteiger partial charge in [-0.25, -0.2) is 8.42 Å². The molecule has 1 aliphatic heterocycles. The maximum absolute atomic E-state index is 11.6. The summed E-state index contributed by atoms with van der Waals surface area (Å²) < 4.78 is 30.0. The topological polar surface area (TPSA) is 46.6 Å². The van der Waals surface area contributed by atoms with Gasteiger partial charge in [-0.3, -0.25) is 0 Å². The molecule has 0 amide bonds. The minimum absolute atomic E-state index is 0.0405. The van der Waals surface area contributed by atoms with Crippen molar-refractivity contribution in [2.24, 2.45) is 0 Å². The van der Waals surface area contributed by atoms with Crippen LogP contribution in [0.15, 0.2) is 0 Å². The lowest BCUT2D eigenvalue weighted by molar-refractivity contribution is 0.0315. The fourth-order valence-electron chi connectivity index (χ4n) is 1.49. The Bertz CT molecular complexity index is 250. The number of nitrogens with zero attached hydrogens (tertiary/aromatic N) is 1. The molecule has 0 aromatic carbocycles. The third-order valence-corrected chi connectivity index (χ3v) is 4.29. The van der Waals surface area contributed by atoms with Gasteiger partial charge in [0.15, 0.2) is 0 Å². The molecule has 0 radical (unpaired) electrons. The quantitative estimate of drug-likeness (QED) is 0.675. The average Bonchev–Trinajstić information content (AvgIpc) is 2.18. The van der Waals surface area contributed by atoms with Gasteiger partial charge in [-0.2, -0.15) is 4.31 Å². The van der Waals surface area contributed by atoms with Crippen LogP contribution in [0.5, 0.6) is 0 Å². The lowest BCUT2D eigenvalue weighted by Crippen LogP contribution is -2.48. The molecule has 0 bridgehead atoms. The molecule has 1 fully saturated rings. The highest BCUT2D eigenvalue weighted by molar-refractivity contribution is 7.89. The van der Waals surface area contributed by atoms with E-state index in [1.165, 1.54) is 0 Å². The van der Waals surface area contributed by atoms with Crippen LogP contribution in [-0.2, 0) is 14.8 Å². The van der Waals surface area contributed by atoms with Gasteiger partial charge in [-0.1, -0.05) is 6.92 Å². The largest absolute Gasteiger partial charge is 0.378 e. The normalized spacial score (nSPS) is 26.2. The number of hydrogen-bond donors (Lipinski definition) is 0. The molecule has 1 heterocycles. The molecule has 0 aromatic rings. The highest BCUT2D eigenvalue weighted by Crippen LogP contribution is 2.14. The van der Waals surface area contributed by atoms with Gasteiger partial charge in [0.1, 0.15) is 0 Å². The summed E-state index contributed by atoms with van der Waals surface area (Å²) in [5.41, 5.74) is 0. The van der Waals surface area contributed by atoms with Crippen molar-refractivity contribution in [3.05, 3.63) is 0 Å². The maximum Gasteiger partial charge on any atom is 0.214 e. The molecule has 0 aliphatic carbocycles. The Morgan fingerprint density at radius 3 is 2.69 bits per heavy atom. The molecule has 78 valence electrons. The Balaban J connectivity index is 2.75. The molecule has 0 aromatic heterocycles. The van der Waals surface area contributed by atoms with Crippen LogP contribution in [0, 0.1) is 0 Å². The molecular weight excluding hydrogens is 190 g/mol. The van der Waals surface area contributed by atoms with Crippen molar-refractivity contribution >= 4 is 10.0 Å². The number of rotatable bonds is 3. The minimum Gasteiger partial charge on any atom is -0.378 e. The van der Waals surface area contributed by atoms with Gasteiger partial charge in [-0.15, -0.1) is 0 Å². The number of ether oxygens (including phenoxy) is 1. The molecule has 5 heteroatoms. The fraction of sp³-hybridized carbons (Fsp3) is 1.00. The van der Waals surface area contributed by atoms with Crippen molar-refractivity contribution in [3.8, 4) is 0 Å². The van der Waals surface area contributed by atoms with E-state index in [0.29, 0.717) is 19.8 Å². The first kappa shape index (κ1) is 10.9. The van der Waals surface area contributed by atoms with E-state index in [0.717, 1.165) is 6.42 Å². The van der Waals surface area contributed by atoms with E-state index in [1.54, 1.807) is 11.2 Å². The van der Waals surface area contributed by atoms with E-state index in [2.05, 4.69) is 0 Å². The van der Waals surface area contributed by atoms with Gasteiger partial charge in [-0.05, 0) is 13.3 Å². The van der Waals surface area contributed by atoms with Crippen LogP contribution in [0.3, 0.4) is 0 Å². The second kappa shape index (κ2) is 4.39. The summed E-state index contributed by atoms with van der Waals surface area (Å²) >= 11 is 0. The van der Waals surface area contributed by atoms with E-state index in [1.807, 2.05) is 6.92 Å². The second-order valence-corrected chi connectivity index (χ2v) is 5.36. The Morgan fingerprint density at radius 2 is 2.15 bits per heavy atom. The minimum atomic E-state index is -3.03. The molecule has 1 unspecified atom stereocenters. The Hall–Kier alpha value is -0.130. The van der Waals surface area contributed by atoms with Crippen molar-refractivity contribution in [1.82, 2.24) is 4.31 Å². The van der Waals surface area contributed by atoms with Gasteiger partial charge < -0.3 is 4.74 Å². The lowest BCUT2D eigenvalue weighted by atomic mass is 10.2. The van der Waals surface area contributed by atoms with E-state index >= 15 is 0 Å². The molecular formula is C8H17NO3S. The molecule has 0 spiro atoms. The molecule has 0 N–H and O–H groups in total. The lowest BCUT2D eigenvalue weighted by Gasteiger charge is -2.33. The first-order valence-electron chi connectivity index (χ1n) is 4.69. The maximum atomic E-state index is 11.6. The first-order chi connectivity index (χ1) is 6.11. The van der Waals surface area contributed by atoms with Crippen LogP contribution in [0.4, 0.5) is 0 Å². The van der Waals surface area contributed by atoms with Gasteiger partial charge >= 0.3 is 0 Å². The summed E-state index contributed by atoms with van der Waals surface area (Å²) in [7, 11) is -3.03. The standard InChI is InChI=1S/C8H17NO3S/c1-3-8-7-12-6-5-9(8)13(10,11)4-2/h8H,3-7H2,1-2H3. The van der Waals surface area contributed by atoms with Gasteiger partial charge in [0, 0.05) is 12.6 Å². The Kier molecular flexibility index (Phi) is 3.70. The molecule has 1 saturated heterocycles. The fourth-order valence-corrected chi connectivity index (χ4v) is 2.84. The van der Waals surface area contributed by atoms with Crippen molar-refractivity contribution < 1.29 is 13.2 Å². The zero-order chi connectivity index (χ0) is 9.90. The summed E-state index contributed by atoms with van der Waals surface area (Å²) in [4.78, 5) is 0. The van der Waals surface area contributed by atoms with Crippen LogP contribution < -0.4 is 0 Å². The summed E-state index contributed by atoms with van der Waals surface area (Å²) in [5, 5.41) is 0. The monoisotopic (exact) mass is 207 g/mol. The van der Waals surface area contributed by atoms with Crippen LogP contribution >= 0.6 is 0 Å². The van der Waals surface area contributed by atoms with Crippen molar-refractivity contribution in [1.29, 1.82) is 0 Å². The number of hydrogen-bond acceptors (Lipinski definition) is 3. The highest BCUT2D eigenvalue weighted by Gasteiger charge is 2.30. The summed E-state index contributed by atoms with van der Waals surface area (Å²) in [5.74, 6) is 0.184. The summed E-state index contributed by atoms with van der Waals surface area (Å²) in [6, 6.07) is 0.0405. The highest BCUT2D eigenvalue weighted by atomic mass is 32.2. The molecule has 4 nitrogen and oxygen atoms in total. The van der Waals surface area contributed by atoms with Gasteiger partial charge in [0.2, 0.25) is 10.0 Å². The predicted molar refractivity (Wildman–Crippen MR) is 51.1 cm³/mol. The zero-order valence-electron chi connectivity index (χ0n) is 8.19. The first-order valence-corrected chi connectivity index (χ1v) is 6.30. The third kappa shape index (κ3) is 2.42. The number of sulfonamides is 1. The Labute approximate surface area is 79.9 Å². The predicted octanol–water partition coefficient (Wildman–Crippen LogP) is 0.447. The zero-order valence-corrected chi connectivity index (χ0v) is 9.01. The van der Waals surface area contributed by atoms with E-state index < -0.39 is 10.0 Å². The number of morpholine rings is 1. The van der Waals surface area contributed by atoms with Crippen molar-refractivity contribution in [2.75, 3.05) is 25.5 Å². The molecule has 1 atom stereocenters.